The van der Waals surface area contributed by atoms with E-state index in [-0.39, 0.29) is 18.4 Å². The lowest BCUT2D eigenvalue weighted by Crippen LogP contribution is -2.47. The van der Waals surface area contributed by atoms with Gasteiger partial charge in [-0.05, 0) is 42.2 Å². The van der Waals surface area contributed by atoms with Crippen molar-refractivity contribution in [2.24, 2.45) is 0 Å². The predicted octanol–water partition coefficient (Wildman–Crippen LogP) is 3.06. The average molecular weight is 414 g/mol. The van der Waals surface area contributed by atoms with Gasteiger partial charge >= 0.3 is 0 Å². The number of para-hydroxylation sites is 1. The van der Waals surface area contributed by atoms with Crippen LogP contribution < -0.4 is 15.8 Å². The van der Waals surface area contributed by atoms with Crippen LogP contribution in [0.1, 0.15) is 17.5 Å². The van der Waals surface area contributed by atoms with Crippen LogP contribution >= 0.6 is 15.9 Å². The number of nitrogens with zero attached hydrogens (tertiary/aromatic N) is 1. The van der Waals surface area contributed by atoms with Crippen LogP contribution in [0.15, 0.2) is 59.1 Å². The standard InChI is InChI=1S/C20H20BrN3O2/c21-17-9-3-1-6-15(17)11-12-19(25)22-23-20(26)14-24-13-5-8-16-7-2-4-10-18(16)24/h1-4,6-7,9-12H,5,8,13-14H2,(H,22,25)(H,23,26)/b12-11+. The second-order valence-corrected chi connectivity index (χ2v) is 6.90. The van der Waals surface area contributed by atoms with Gasteiger partial charge in [0.1, 0.15) is 0 Å². The SMILES string of the molecule is O=C(/C=C/c1ccccc1Br)NNC(=O)CN1CCCc2ccccc21. The first-order chi connectivity index (χ1) is 12.6. The molecule has 26 heavy (non-hydrogen) atoms. The molecule has 0 saturated heterocycles. The summed E-state index contributed by atoms with van der Waals surface area (Å²) < 4.78 is 0.900. The van der Waals surface area contributed by atoms with Crippen molar-refractivity contribution < 1.29 is 9.59 Å². The van der Waals surface area contributed by atoms with Crippen LogP contribution in [-0.4, -0.2) is 24.9 Å². The van der Waals surface area contributed by atoms with E-state index >= 15 is 0 Å². The molecular weight excluding hydrogens is 394 g/mol. The van der Waals surface area contributed by atoms with Crippen LogP contribution in [0.5, 0.6) is 0 Å². The fourth-order valence-electron chi connectivity index (χ4n) is 2.94. The van der Waals surface area contributed by atoms with E-state index in [4.69, 9.17) is 0 Å². The smallest absolute Gasteiger partial charge is 0.262 e. The first kappa shape index (κ1) is 18.2. The van der Waals surface area contributed by atoms with E-state index in [0.717, 1.165) is 35.1 Å². The third-order valence-corrected chi connectivity index (χ3v) is 4.91. The van der Waals surface area contributed by atoms with E-state index in [0.29, 0.717) is 0 Å². The Morgan fingerprint density at radius 3 is 2.69 bits per heavy atom. The molecule has 0 unspecified atom stereocenters. The first-order valence-electron chi connectivity index (χ1n) is 8.48. The van der Waals surface area contributed by atoms with Crippen molar-refractivity contribution in [1.29, 1.82) is 0 Å². The van der Waals surface area contributed by atoms with Crippen molar-refractivity contribution in [3.63, 3.8) is 0 Å². The Balaban J connectivity index is 1.50. The summed E-state index contributed by atoms with van der Waals surface area (Å²) in [5, 5.41) is 0. The molecule has 0 fully saturated rings. The lowest BCUT2D eigenvalue weighted by Gasteiger charge is -2.30. The van der Waals surface area contributed by atoms with E-state index in [1.54, 1.807) is 6.08 Å². The third kappa shape index (κ3) is 4.73. The Morgan fingerprint density at radius 2 is 1.85 bits per heavy atom. The van der Waals surface area contributed by atoms with Crippen LogP contribution in [0.4, 0.5) is 5.69 Å². The number of benzene rings is 2. The summed E-state index contributed by atoms with van der Waals surface area (Å²) >= 11 is 3.42. The minimum absolute atomic E-state index is 0.214. The highest BCUT2D eigenvalue weighted by molar-refractivity contribution is 9.10. The Morgan fingerprint density at radius 1 is 1.08 bits per heavy atom. The molecule has 1 aliphatic rings. The number of aryl methyl sites for hydroxylation is 1. The van der Waals surface area contributed by atoms with Gasteiger partial charge in [0.25, 0.3) is 11.8 Å². The molecule has 2 N–H and O–H groups in total. The maximum Gasteiger partial charge on any atom is 0.262 e. The zero-order valence-corrected chi connectivity index (χ0v) is 15.8. The molecule has 0 bridgehead atoms. The highest BCUT2D eigenvalue weighted by Crippen LogP contribution is 2.26. The quantitative estimate of drug-likeness (QED) is 0.597. The normalized spacial score (nSPS) is 13.3. The number of halogens is 1. The molecule has 1 aliphatic heterocycles. The molecule has 2 aromatic rings. The molecule has 0 spiro atoms. The van der Waals surface area contributed by atoms with Gasteiger partial charge in [-0.1, -0.05) is 52.3 Å². The number of hydrazine groups is 1. The van der Waals surface area contributed by atoms with Gasteiger partial charge in [-0.15, -0.1) is 0 Å². The fourth-order valence-corrected chi connectivity index (χ4v) is 3.35. The molecule has 0 aromatic heterocycles. The zero-order valence-electron chi connectivity index (χ0n) is 14.2. The Bertz CT molecular complexity index is 835. The van der Waals surface area contributed by atoms with Gasteiger partial charge < -0.3 is 4.90 Å². The lowest BCUT2D eigenvalue weighted by atomic mass is 10.0. The van der Waals surface area contributed by atoms with E-state index in [1.165, 1.54) is 11.6 Å². The first-order valence-corrected chi connectivity index (χ1v) is 9.27. The van der Waals surface area contributed by atoms with E-state index < -0.39 is 0 Å². The summed E-state index contributed by atoms with van der Waals surface area (Å²) in [6.45, 7) is 1.05. The molecular formula is C20H20BrN3O2. The number of carbonyl (C=O) groups is 2. The number of hydrogen-bond acceptors (Lipinski definition) is 3. The molecule has 0 atom stereocenters. The van der Waals surface area contributed by atoms with Gasteiger partial charge in [0.05, 0.1) is 6.54 Å². The minimum atomic E-state index is -0.381. The van der Waals surface area contributed by atoms with Gasteiger partial charge in [-0.3, -0.25) is 20.4 Å². The molecule has 0 aliphatic carbocycles. The largest absolute Gasteiger partial charge is 0.362 e. The Kier molecular flexibility index (Phi) is 6.07. The molecule has 0 saturated carbocycles. The van der Waals surface area contributed by atoms with E-state index in [2.05, 4.69) is 32.8 Å². The molecule has 6 heteroatoms. The monoisotopic (exact) mass is 413 g/mol. The van der Waals surface area contributed by atoms with Gasteiger partial charge in [-0.25, -0.2) is 0 Å². The van der Waals surface area contributed by atoms with Crippen molar-refractivity contribution in [2.75, 3.05) is 18.0 Å². The number of carbonyl (C=O) groups excluding carboxylic acids is 2. The molecule has 2 amide bonds. The van der Waals surface area contributed by atoms with Gasteiger partial charge in [-0.2, -0.15) is 0 Å². The maximum absolute atomic E-state index is 12.2. The van der Waals surface area contributed by atoms with Crippen molar-refractivity contribution >= 4 is 39.5 Å². The maximum atomic E-state index is 12.2. The van der Waals surface area contributed by atoms with E-state index in [9.17, 15) is 9.59 Å². The van der Waals surface area contributed by atoms with Crippen molar-refractivity contribution in [3.8, 4) is 0 Å². The van der Waals surface area contributed by atoms with Crippen molar-refractivity contribution in [2.45, 2.75) is 12.8 Å². The Hall–Kier alpha value is -2.60. The zero-order chi connectivity index (χ0) is 18.4. The fraction of sp³-hybridized carbons (Fsp3) is 0.200. The number of amides is 2. The van der Waals surface area contributed by atoms with Gasteiger partial charge in [0.2, 0.25) is 0 Å². The number of nitrogens with one attached hydrogen (secondary N) is 2. The second-order valence-electron chi connectivity index (χ2n) is 6.05. The van der Waals surface area contributed by atoms with Crippen LogP contribution in [0.25, 0.3) is 6.08 Å². The minimum Gasteiger partial charge on any atom is -0.362 e. The summed E-state index contributed by atoms with van der Waals surface area (Å²) in [6.07, 6.45) is 5.12. The average Bonchev–Trinajstić information content (AvgIpc) is 2.66. The number of rotatable bonds is 4. The summed E-state index contributed by atoms with van der Waals surface area (Å²) in [7, 11) is 0. The van der Waals surface area contributed by atoms with Crippen LogP contribution in [0.2, 0.25) is 0 Å². The van der Waals surface area contributed by atoms with E-state index in [1.807, 2.05) is 47.4 Å². The number of fused-ring (bicyclic) bond motifs is 1. The molecule has 3 rings (SSSR count). The number of anilines is 1. The molecule has 0 radical (unpaired) electrons. The third-order valence-electron chi connectivity index (χ3n) is 4.19. The lowest BCUT2D eigenvalue weighted by molar-refractivity contribution is -0.125. The summed E-state index contributed by atoms with van der Waals surface area (Å²) in [6, 6.07) is 15.7. The molecule has 5 nitrogen and oxygen atoms in total. The van der Waals surface area contributed by atoms with Gasteiger partial charge in [0, 0.05) is 22.8 Å². The molecule has 1 heterocycles. The molecule has 2 aromatic carbocycles. The van der Waals surface area contributed by atoms with Crippen LogP contribution in [0, 0.1) is 0 Å². The second kappa shape index (κ2) is 8.67. The van der Waals surface area contributed by atoms with Crippen molar-refractivity contribution in [3.05, 3.63) is 70.2 Å². The Labute approximate surface area is 161 Å². The summed E-state index contributed by atoms with van der Waals surface area (Å²) in [4.78, 5) is 26.1. The van der Waals surface area contributed by atoms with Crippen LogP contribution in [0.3, 0.4) is 0 Å². The van der Waals surface area contributed by atoms with Crippen LogP contribution in [-0.2, 0) is 16.0 Å². The summed E-state index contributed by atoms with van der Waals surface area (Å²) in [5.41, 5.74) is 8.12. The topological polar surface area (TPSA) is 61.4 Å². The highest BCUT2D eigenvalue weighted by atomic mass is 79.9. The highest BCUT2D eigenvalue weighted by Gasteiger charge is 2.18. The number of hydrogen-bond donors (Lipinski definition) is 2. The van der Waals surface area contributed by atoms with Gasteiger partial charge in [0.15, 0.2) is 0 Å². The molecule has 134 valence electrons. The predicted molar refractivity (Wildman–Crippen MR) is 106 cm³/mol. The van der Waals surface area contributed by atoms with Crippen molar-refractivity contribution in [1.82, 2.24) is 10.9 Å². The summed E-state index contributed by atoms with van der Waals surface area (Å²) in [5.74, 6) is -0.627.